The molecule has 0 atom stereocenters. The lowest BCUT2D eigenvalue weighted by Crippen LogP contribution is -2.41. The molecule has 1 N–H and O–H groups in total. The van der Waals surface area contributed by atoms with E-state index < -0.39 is 0 Å². The third-order valence-electron chi connectivity index (χ3n) is 4.43. The Morgan fingerprint density at radius 3 is 2.48 bits per heavy atom. The van der Waals surface area contributed by atoms with E-state index in [9.17, 15) is 9.59 Å². The van der Waals surface area contributed by atoms with Crippen molar-refractivity contribution in [2.75, 3.05) is 30.0 Å². The van der Waals surface area contributed by atoms with E-state index in [1.165, 1.54) is 0 Å². The Labute approximate surface area is 157 Å². The second-order valence-corrected chi connectivity index (χ2v) is 6.24. The van der Waals surface area contributed by atoms with E-state index in [1.54, 1.807) is 23.1 Å². The molecule has 0 spiro atoms. The van der Waals surface area contributed by atoms with E-state index in [0.717, 1.165) is 11.4 Å². The van der Waals surface area contributed by atoms with E-state index in [1.807, 2.05) is 59.4 Å². The van der Waals surface area contributed by atoms with Crippen molar-refractivity contribution in [3.63, 3.8) is 0 Å². The number of nitrogens with zero attached hydrogens (tertiary/aromatic N) is 2. The average molecular weight is 361 g/mol. The van der Waals surface area contributed by atoms with E-state index in [2.05, 4.69) is 5.32 Å². The Hall–Kier alpha value is -3.38. The van der Waals surface area contributed by atoms with Gasteiger partial charge >= 0.3 is 0 Å². The predicted molar refractivity (Wildman–Crippen MR) is 103 cm³/mol. The molecule has 136 valence electrons. The Kier molecular flexibility index (Phi) is 4.72. The van der Waals surface area contributed by atoms with Gasteiger partial charge in [-0.3, -0.25) is 9.59 Å². The van der Waals surface area contributed by atoms with E-state index >= 15 is 0 Å². The number of anilines is 2. The van der Waals surface area contributed by atoms with Crippen LogP contribution in [0.5, 0.6) is 0 Å². The number of ether oxygens (including phenoxy) is 1. The molecule has 6 nitrogen and oxygen atoms in total. The number of carbonyl (C=O) groups excluding carboxylic acids is 2. The van der Waals surface area contributed by atoms with Crippen LogP contribution in [0.1, 0.15) is 10.4 Å². The van der Waals surface area contributed by atoms with Gasteiger partial charge in [-0.2, -0.15) is 0 Å². The highest BCUT2D eigenvalue weighted by Gasteiger charge is 2.20. The van der Waals surface area contributed by atoms with E-state index in [0.29, 0.717) is 24.4 Å². The molecule has 0 radical (unpaired) electrons. The number of hydrogen-bond donors (Lipinski definition) is 1. The van der Waals surface area contributed by atoms with Crippen molar-refractivity contribution < 1.29 is 14.3 Å². The van der Waals surface area contributed by atoms with Crippen LogP contribution >= 0.6 is 0 Å². The van der Waals surface area contributed by atoms with Crippen molar-refractivity contribution >= 4 is 23.2 Å². The molecule has 3 aromatic rings. The summed E-state index contributed by atoms with van der Waals surface area (Å²) in [5.41, 5.74) is 2.98. The number of hydrogen-bond acceptors (Lipinski definition) is 3. The average Bonchev–Trinajstić information content (AvgIpc) is 3.24. The molecule has 2 aromatic carbocycles. The summed E-state index contributed by atoms with van der Waals surface area (Å²) >= 11 is 0. The number of aromatic nitrogens is 1. The molecule has 6 heteroatoms. The summed E-state index contributed by atoms with van der Waals surface area (Å²) in [4.78, 5) is 26.2. The van der Waals surface area contributed by atoms with Crippen molar-refractivity contribution in [2.24, 2.45) is 0 Å². The van der Waals surface area contributed by atoms with Gasteiger partial charge in [-0.15, -0.1) is 0 Å². The monoisotopic (exact) mass is 361 g/mol. The van der Waals surface area contributed by atoms with Crippen LogP contribution in [-0.4, -0.2) is 36.1 Å². The third kappa shape index (κ3) is 3.75. The molecule has 27 heavy (non-hydrogen) atoms. The second kappa shape index (κ2) is 7.47. The van der Waals surface area contributed by atoms with Crippen molar-refractivity contribution in [3.05, 3.63) is 78.6 Å². The van der Waals surface area contributed by atoms with Crippen molar-refractivity contribution in [1.29, 1.82) is 0 Å². The number of morpholine rings is 1. The van der Waals surface area contributed by atoms with Crippen molar-refractivity contribution in [3.8, 4) is 5.69 Å². The highest BCUT2D eigenvalue weighted by molar-refractivity contribution is 6.04. The van der Waals surface area contributed by atoms with Crippen LogP contribution in [0.2, 0.25) is 0 Å². The molecular weight excluding hydrogens is 342 g/mol. The Bertz CT molecular complexity index is 949. The smallest absolute Gasteiger partial charge is 0.255 e. The zero-order valence-corrected chi connectivity index (χ0v) is 14.7. The van der Waals surface area contributed by atoms with Gasteiger partial charge in [0.15, 0.2) is 0 Å². The maximum atomic E-state index is 12.6. The third-order valence-corrected chi connectivity index (χ3v) is 4.43. The van der Waals surface area contributed by atoms with Gasteiger partial charge in [0.25, 0.3) is 11.8 Å². The fourth-order valence-corrected chi connectivity index (χ4v) is 3.03. The van der Waals surface area contributed by atoms with E-state index in [4.69, 9.17) is 4.74 Å². The van der Waals surface area contributed by atoms with Crippen LogP contribution < -0.4 is 10.2 Å². The quantitative estimate of drug-likeness (QED) is 0.777. The van der Waals surface area contributed by atoms with Crippen LogP contribution in [0.4, 0.5) is 11.4 Å². The van der Waals surface area contributed by atoms with Crippen molar-refractivity contribution in [2.45, 2.75) is 0 Å². The summed E-state index contributed by atoms with van der Waals surface area (Å²) in [5, 5.41) is 2.90. The summed E-state index contributed by atoms with van der Waals surface area (Å²) in [6.45, 7) is 1.18. The largest absolute Gasteiger partial charge is 0.370 e. The van der Waals surface area contributed by atoms with Gasteiger partial charge in [-0.05, 0) is 54.6 Å². The zero-order chi connectivity index (χ0) is 18.6. The highest BCUT2D eigenvalue weighted by atomic mass is 16.5. The maximum Gasteiger partial charge on any atom is 0.255 e. The molecule has 1 saturated heterocycles. The SMILES string of the molecule is O=C(Nc1ccc(N2CCOCC2=O)cc1)c1cccc(-n2cccc2)c1. The zero-order valence-electron chi connectivity index (χ0n) is 14.7. The first-order valence-corrected chi connectivity index (χ1v) is 8.74. The number of rotatable bonds is 4. The summed E-state index contributed by atoms with van der Waals surface area (Å²) in [5.74, 6) is -0.237. The van der Waals surface area contributed by atoms with Crippen LogP contribution in [0.3, 0.4) is 0 Å². The molecule has 2 heterocycles. The fraction of sp³-hybridized carbons (Fsp3) is 0.143. The van der Waals surface area contributed by atoms with Crippen LogP contribution in [0, 0.1) is 0 Å². The lowest BCUT2D eigenvalue weighted by molar-refractivity contribution is -0.125. The van der Waals surface area contributed by atoms with Gasteiger partial charge in [0.2, 0.25) is 0 Å². The molecule has 0 unspecified atom stereocenters. The standard InChI is InChI=1S/C21H19N3O3/c25-20-15-27-13-12-24(20)18-8-6-17(7-9-18)22-21(26)16-4-3-5-19(14-16)23-10-1-2-11-23/h1-11,14H,12-13,15H2,(H,22,26). The van der Waals surface area contributed by atoms with Crippen LogP contribution in [-0.2, 0) is 9.53 Å². The molecule has 1 aromatic heterocycles. The minimum absolute atomic E-state index is 0.0557. The molecule has 1 aliphatic heterocycles. The van der Waals surface area contributed by atoms with Gasteiger partial charge < -0.3 is 19.5 Å². The minimum atomic E-state index is -0.181. The van der Waals surface area contributed by atoms with E-state index in [-0.39, 0.29) is 18.4 Å². The fourth-order valence-electron chi connectivity index (χ4n) is 3.03. The molecule has 0 bridgehead atoms. The highest BCUT2D eigenvalue weighted by Crippen LogP contribution is 2.20. The predicted octanol–water partition coefficient (Wildman–Crippen LogP) is 3.09. The maximum absolute atomic E-state index is 12.6. The van der Waals surface area contributed by atoms with Crippen molar-refractivity contribution in [1.82, 2.24) is 4.57 Å². The second-order valence-electron chi connectivity index (χ2n) is 6.24. The molecule has 1 fully saturated rings. The molecule has 0 saturated carbocycles. The van der Waals surface area contributed by atoms with Crippen LogP contribution in [0.25, 0.3) is 5.69 Å². The van der Waals surface area contributed by atoms with Gasteiger partial charge in [0.05, 0.1) is 6.61 Å². The minimum Gasteiger partial charge on any atom is -0.370 e. The number of amides is 2. The Morgan fingerprint density at radius 2 is 1.74 bits per heavy atom. The summed E-state index contributed by atoms with van der Waals surface area (Å²) in [7, 11) is 0. The van der Waals surface area contributed by atoms with Gasteiger partial charge in [0.1, 0.15) is 6.61 Å². The number of carbonyl (C=O) groups is 2. The first kappa shape index (κ1) is 17.1. The molecular formula is C21H19N3O3. The topological polar surface area (TPSA) is 63.6 Å². The van der Waals surface area contributed by atoms with Gasteiger partial charge in [-0.1, -0.05) is 6.07 Å². The van der Waals surface area contributed by atoms with Gasteiger partial charge in [-0.25, -0.2) is 0 Å². The first-order valence-electron chi connectivity index (χ1n) is 8.74. The number of benzene rings is 2. The molecule has 1 aliphatic rings. The summed E-state index contributed by atoms with van der Waals surface area (Å²) in [6, 6.07) is 18.6. The lowest BCUT2D eigenvalue weighted by Gasteiger charge is -2.26. The Balaban J connectivity index is 1.47. The van der Waals surface area contributed by atoms with Gasteiger partial charge in [0, 0.05) is 41.6 Å². The lowest BCUT2D eigenvalue weighted by atomic mass is 10.1. The Morgan fingerprint density at radius 1 is 0.963 bits per heavy atom. The molecule has 4 rings (SSSR count). The summed E-state index contributed by atoms with van der Waals surface area (Å²) in [6.07, 6.45) is 3.87. The van der Waals surface area contributed by atoms with Crippen LogP contribution in [0.15, 0.2) is 73.1 Å². The molecule has 0 aliphatic carbocycles. The summed E-state index contributed by atoms with van der Waals surface area (Å²) < 4.78 is 7.09. The molecule has 2 amide bonds. The number of nitrogens with one attached hydrogen (secondary N) is 1. The normalized spacial score (nSPS) is 14.2. The first-order chi connectivity index (χ1) is 13.2.